The number of rotatable bonds is 1. The maximum absolute atomic E-state index is 11.6. The number of nitrogens with one attached hydrogen (secondary N) is 1. The zero-order valence-electron chi connectivity index (χ0n) is 9.53. The largest absolute Gasteiger partial charge is 0.329 e. The highest BCUT2D eigenvalue weighted by atomic mass is 35.5. The van der Waals surface area contributed by atoms with E-state index < -0.39 is 0 Å². The van der Waals surface area contributed by atoms with Gasteiger partial charge in [0, 0.05) is 28.4 Å². The highest BCUT2D eigenvalue weighted by Gasteiger charge is 2.10. The molecule has 0 radical (unpaired) electrons. The van der Waals surface area contributed by atoms with Crippen LogP contribution in [0.5, 0.6) is 0 Å². The van der Waals surface area contributed by atoms with Crippen molar-refractivity contribution in [3.05, 3.63) is 51.5 Å². The SMILES string of the molecule is Cc1c(-c2cc3nccc(Cl)c3s2)cc[nH]c1=O. The van der Waals surface area contributed by atoms with Crippen molar-refractivity contribution in [2.45, 2.75) is 6.92 Å². The van der Waals surface area contributed by atoms with Crippen molar-refractivity contribution >= 4 is 33.2 Å². The summed E-state index contributed by atoms with van der Waals surface area (Å²) in [5.41, 5.74) is 2.43. The second-order valence-electron chi connectivity index (χ2n) is 3.96. The molecule has 3 aromatic rings. The number of aromatic amines is 1. The summed E-state index contributed by atoms with van der Waals surface area (Å²) < 4.78 is 0.953. The minimum absolute atomic E-state index is 0.0657. The van der Waals surface area contributed by atoms with Crippen LogP contribution >= 0.6 is 22.9 Å². The van der Waals surface area contributed by atoms with Crippen LogP contribution in [-0.4, -0.2) is 9.97 Å². The lowest BCUT2D eigenvalue weighted by Gasteiger charge is -2.00. The zero-order valence-corrected chi connectivity index (χ0v) is 11.1. The van der Waals surface area contributed by atoms with Crippen LogP contribution in [0.3, 0.4) is 0 Å². The van der Waals surface area contributed by atoms with Crippen LogP contribution < -0.4 is 5.56 Å². The van der Waals surface area contributed by atoms with Gasteiger partial charge in [-0.15, -0.1) is 11.3 Å². The molecule has 0 atom stereocenters. The molecule has 0 bridgehead atoms. The van der Waals surface area contributed by atoms with E-state index in [1.807, 2.05) is 19.1 Å². The third-order valence-electron chi connectivity index (χ3n) is 2.84. The van der Waals surface area contributed by atoms with Crippen molar-refractivity contribution in [1.29, 1.82) is 0 Å². The predicted molar refractivity (Wildman–Crippen MR) is 75.4 cm³/mol. The van der Waals surface area contributed by atoms with Gasteiger partial charge in [-0.25, -0.2) is 0 Å². The van der Waals surface area contributed by atoms with Gasteiger partial charge in [0.05, 0.1) is 15.2 Å². The van der Waals surface area contributed by atoms with Crippen LogP contribution in [0, 0.1) is 6.92 Å². The third-order valence-corrected chi connectivity index (χ3v) is 4.46. The van der Waals surface area contributed by atoms with Crippen LogP contribution in [0.25, 0.3) is 20.7 Å². The molecule has 3 rings (SSSR count). The number of hydrogen-bond acceptors (Lipinski definition) is 3. The predicted octanol–water partition coefficient (Wildman–Crippen LogP) is 3.61. The number of thiophene rings is 1. The van der Waals surface area contributed by atoms with Crippen LogP contribution in [-0.2, 0) is 0 Å². The van der Waals surface area contributed by atoms with E-state index >= 15 is 0 Å². The zero-order chi connectivity index (χ0) is 12.7. The van der Waals surface area contributed by atoms with Gasteiger partial charge in [-0.05, 0) is 25.1 Å². The number of halogens is 1. The molecular weight excluding hydrogens is 268 g/mol. The number of aromatic nitrogens is 2. The number of hydrogen-bond donors (Lipinski definition) is 1. The summed E-state index contributed by atoms with van der Waals surface area (Å²) in [6, 6.07) is 5.64. The molecule has 3 aromatic heterocycles. The number of nitrogens with zero attached hydrogens (tertiary/aromatic N) is 1. The average molecular weight is 277 g/mol. The van der Waals surface area contributed by atoms with E-state index in [0.29, 0.717) is 10.6 Å². The lowest BCUT2D eigenvalue weighted by molar-refractivity contribution is 1.19. The van der Waals surface area contributed by atoms with Gasteiger partial charge >= 0.3 is 0 Å². The van der Waals surface area contributed by atoms with Crippen LogP contribution in [0.4, 0.5) is 0 Å². The molecule has 0 aliphatic heterocycles. The Morgan fingerprint density at radius 3 is 3.00 bits per heavy atom. The van der Waals surface area contributed by atoms with Crippen molar-refractivity contribution in [2.75, 3.05) is 0 Å². The summed E-state index contributed by atoms with van der Waals surface area (Å²) >= 11 is 7.68. The summed E-state index contributed by atoms with van der Waals surface area (Å²) in [5.74, 6) is 0. The van der Waals surface area contributed by atoms with Gasteiger partial charge in [-0.1, -0.05) is 11.6 Å². The Balaban J connectivity index is 2.29. The van der Waals surface area contributed by atoms with Gasteiger partial charge in [-0.2, -0.15) is 0 Å². The van der Waals surface area contributed by atoms with E-state index in [2.05, 4.69) is 9.97 Å². The Labute approximate surface area is 112 Å². The molecule has 0 aliphatic rings. The smallest absolute Gasteiger partial charge is 0.251 e. The molecule has 0 unspecified atom stereocenters. The summed E-state index contributed by atoms with van der Waals surface area (Å²) in [5, 5.41) is 0.693. The fourth-order valence-electron chi connectivity index (χ4n) is 1.86. The Kier molecular flexibility index (Phi) is 2.69. The van der Waals surface area contributed by atoms with E-state index in [9.17, 15) is 4.79 Å². The average Bonchev–Trinajstić information content (AvgIpc) is 2.78. The first-order chi connectivity index (χ1) is 8.66. The topological polar surface area (TPSA) is 45.8 Å². The first kappa shape index (κ1) is 11.4. The van der Waals surface area contributed by atoms with E-state index in [-0.39, 0.29) is 5.56 Å². The van der Waals surface area contributed by atoms with Crippen LogP contribution in [0.15, 0.2) is 35.4 Å². The molecule has 0 aromatic carbocycles. The van der Waals surface area contributed by atoms with Crippen molar-refractivity contribution in [1.82, 2.24) is 9.97 Å². The first-order valence-electron chi connectivity index (χ1n) is 5.39. The van der Waals surface area contributed by atoms with Crippen LogP contribution in [0.1, 0.15) is 5.56 Å². The second-order valence-corrected chi connectivity index (χ2v) is 5.42. The van der Waals surface area contributed by atoms with Gasteiger partial charge in [0.15, 0.2) is 0 Å². The van der Waals surface area contributed by atoms with Crippen LogP contribution in [0.2, 0.25) is 5.02 Å². The fraction of sp³-hybridized carbons (Fsp3) is 0.0769. The van der Waals surface area contributed by atoms with Gasteiger partial charge < -0.3 is 4.98 Å². The Hall–Kier alpha value is -1.65. The van der Waals surface area contributed by atoms with E-state index in [4.69, 9.17) is 11.6 Å². The third kappa shape index (κ3) is 1.74. The fourth-order valence-corrected chi connectivity index (χ4v) is 3.24. The van der Waals surface area contributed by atoms with Crippen molar-refractivity contribution in [3.8, 4) is 10.4 Å². The van der Waals surface area contributed by atoms with Gasteiger partial charge in [0.25, 0.3) is 5.56 Å². The van der Waals surface area contributed by atoms with Crippen molar-refractivity contribution < 1.29 is 0 Å². The molecule has 1 N–H and O–H groups in total. The minimum Gasteiger partial charge on any atom is -0.329 e. The molecule has 0 spiro atoms. The standard InChI is InChI=1S/C13H9ClN2OS/c1-7-8(2-4-16-13(7)17)11-6-10-12(18-11)9(14)3-5-15-10/h2-6H,1H3,(H,16,17). The molecular formula is C13H9ClN2OS. The van der Waals surface area contributed by atoms with Crippen molar-refractivity contribution in [2.24, 2.45) is 0 Å². The normalized spacial score (nSPS) is 11.0. The molecule has 3 nitrogen and oxygen atoms in total. The maximum atomic E-state index is 11.6. The van der Waals surface area contributed by atoms with E-state index in [1.54, 1.807) is 29.8 Å². The second kappa shape index (κ2) is 4.23. The van der Waals surface area contributed by atoms with Gasteiger partial charge in [-0.3, -0.25) is 9.78 Å². The first-order valence-corrected chi connectivity index (χ1v) is 6.59. The quantitative estimate of drug-likeness (QED) is 0.738. The van der Waals surface area contributed by atoms with Gasteiger partial charge in [0.2, 0.25) is 0 Å². The number of pyridine rings is 2. The summed E-state index contributed by atoms with van der Waals surface area (Å²) in [6.45, 7) is 1.81. The Morgan fingerprint density at radius 2 is 2.22 bits per heavy atom. The molecule has 0 fully saturated rings. The Morgan fingerprint density at radius 1 is 1.39 bits per heavy atom. The molecule has 5 heteroatoms. The molecule has 3 heterocycles. The summed E-state index contributed by atoms with van der Waals surface area (Å²) in [7, 11) is 0. The highest BCUT2D eigenvalue weighted by molar-refractivity contribution is 7.22. The number of fused-ring (bicyclic) bond motifs is 1. The summed E-state index contributed by atoms with van der Waals surface area (Å²) in [6.07, 6.45) is 3.34. The molecule has 0 aliphatic carbocycles. The van der Waals surface area contributed by atoms with Gasteiger partial charge in [0.1, 0.15) is 0 Å². The monoisotopic (exact) mass is 276 g/mol. The molecule has 0 saturated heterocycles. The van der Waals surface area contributed by atoms with Crippen molar-refractivity contribution in [3.63, 3.8) is 0 Å². The molecule has 0 amide bonds. The maximum Gasteiger partial charge on any atom is 0.251 e. The van der Waals surface area contributed by atoms with E-state index in [1.165, 1.54) is 0 Å². The Bertz CT molecular complexity index is 791. The molecule has 18 heavy (non-hydrogen) atoms. The highest BCUT2D eigenvalue weighted by Crippen LogP contribution is 2.36. The molecule has 0 saturated carbocycles. The van der Waals surface area contributed by atoms with E-state index in [0.717, 1.165) is 20.7 Å². The molecule has 90 valence electrons. The number of H-pyrrole nitrogens is 1. The summed E-state index contributed by atoms with van der Waals surface area (Å²) in [4.78, 5) is 19.6. The lowest BCUT2D eigenvalue weighted by Crippen LogP contribution is -2.08. The minimum atomic E-state index is -0.0657. The lowest BCUT2D eigenvalue weighted by atomic mass is 10.1.